The van der Waals surface area contributed by atoms with Gasteiger partial charge in [0.05, 0.1) is 10.7 Å². The molecule has 1 unspecified atom stereocenters. The molecule has 5 nitrogen and oxygen atoms in total. The van der Waals surface area contributed by atoms with Gasteiger partial charge < -0.3 is 10.4 Å². The molecule has 2 N–H and O–H groups in total. The molecule has 2 heterocycles. The molecular formula is C29H29ClFN3O2. The number of fused-ring (bicyclic) bond motifs is 1. The molecule has 2 aromatic carbocycles. The van der Waals surface area contributed by atoms with Crippen molar-refractivity contribution in [1.29, 1.82) is 0 Å². The van der Waals surface area contributed by atoms with Crippen molar-refractivity contribution >= 4 is 28.4 Å². The largest absolute Gasteiger partial charge is 0.506 e. The molecule has 2 aromatic heterocycles. The number of phenols is 1. The topological polar surface area (TPSA) is 75.1 Å². The van der Waals surface area contributed by atoms with Gasteiger partial charge in [-0.1, -0.05) is 25.4 Å². The Morgan fingerprint density at radius 2 is 1.94 bits per heavy atom. The van der Waals surface area contributed by atoms with Crippen LogP contribution in [0.15, 0.2) is 48.7 Å². The summed E-state index contributed by atoms with van der Waals surface area (Å²) in [4.78, 5) is 21.9. The fourth-order valence-corrected chi connectivity index (χ4v) is 4.53. The van der Waals surface area contributed by atoms with Gasteiger partial charge in [0.15, 0.2) is 0 Å². The maximum atomic E-state index is 13.8. The monoisotopic (exact) mass is 505 g/mol. The van der Waals surface area contributed by atoms with Crippen molar-refractivity contribution in [3.05, 3.63) is 87.4 Å². The summed E-state index contributed by atoms with van der Waals surface area (Å²) in [5, 5.41) is 14.0. The maximum absolute atomic E-state index is 13.8. The highest BCUT2D eigenvalue weighted by Gasteiger charge is 2.17. The van der Waals surface area contributed by atoms with Gasteiger partial charge in [0, 0.05) is 41.4 Å². The van der Waals surface area contributed by atoms with E-state index in [-0.39, 0.29) is 16.7 Å². The van der Waals surface area contributed by atoms with E-state index in [1.807, 2.05) is 19.9 Å². The number of benzene rings is 2. The van der Waals surface area contributed by atoms with Gasteiger partial charge in [0.2, 0.25) is 0 Å². The average molecular weight is 506 g/mol. The normalized spacial score (nSPS) is 12.1. The van der Waals surface area contributed by atoms with Gasteiger partial charge in [-0.25, -0.2) is 4.39 Å². The molecule has 0 saturated heterocycles. The van der Waals surface area contributed by atoms with E-state index in [1.165, 1.54) is 17.7 Å². The van der Waals surface area contributed by atoms with Crippen LogP contribution in [-0.2, 0) is 6.42 Å². The predicted octanol–water partition coefficient (Wildman–Crippen LogP) is 6.90. The Kier molecular flexibility index (Phi) is 7.55. The summed E-state index contributed by atoms with van der Waals surface area (Å²) < 4.78 is 13.8. The second kappa shape index (κ2) is 10.6. The smallest absolute Gasteiger partial charge is 0.251 e. The maximum Gasteiger partial charge on any atom is 0.251 e. The van der Waals surface area contributed by atoms with E-state index in [4.69, 9.17) is 16.6 Å². The van der Waals surface area contributed by atoms with Gasteiger partial charge in [-0.15, -0.1) is 0 Å². The molecule has 1 amide bonds. The quantitative estimate of drug-likeness (QED) is 0.286. The number of rotatable bonds is 7. The van der Waals surface area contributed by atoms with Crippen LogP contribution in [0.2, 0.25) is 5.02 Å². The zero-order valence-corrected chi connectivity index (χ0v) is 21.6. The number of halogens is 2. The van der Waals surface area contributed by atoms with Gasteiger partial charge in [-0.2, -0.15) is 0 Å². The highest BCUT2D eigenvalue weighted by molar-refractivity contribution is 6.31. The number of hydrogen-bond donors (Lipinski definition) is 2. The molecule has 4 rings (SSSR count). The number of aromatic hydroxyl groups is 1. The second-order valence-electron chi connectivity index (χ2n) is 9.20. The molecule has 0 aliphatic rings. The summed E-state index contributed by atoms with van der Waals surface area (Å²) in [6.45, 7) is 8.60. The summed E-state index contributed by atoms with van der Waals surface area (Å²) in [6.07, 6.45) is 3.15. The van der Waals surface area contributed by atoms with Crippen molar-refractivity contribution in [3.8, 4) is 17.0 Å². The first-order valence-electron chi connectivity index (χ1n) is 12.0. The Morgan fingerprint density at radius 1 is 1.17 bits per heavy atom. The summed E-state index contributed by atoms with van der Waals surface area (Å²) in [5.41, 5.74) is 6.33. The highest BCUT2D eigenvalue weighted by atomic mass is 35.5. The van der Waals surface area contributed by atoms with E-state index in [1.54, 1.807) is 24.4 Å². The lowest BCUT2D eigenvalue weighted by Gasteiger charge is -2.18. The molecular weight excluding hydrogens is 477 g/mol. The first-order chi connectivity index (χ1) is 17.2. The third kappa shape index (κ3) is 5.34. The third-order valence-electron chi connectivity index (χ3n) is 6.53. The van der Waals surface area contributed by atoms with Crippen LogP contribution >= 0.6 is 11.6 Å². The van der Waals surface area contributed by atoms with Crippen LogP contribution in [0.4, 0.5) is 4.39 Å². The van der Waals surface area contributed by atoms with E-state index < -0.39 is 5.82 Å². The van der Waals surface area contributed by atoms with Crippen LogP contribution < -0.4 is 5.32 Å². The second-order valence-corrected chi connectivity index (χ2v) is 9.61. The van der Waals surface area contributed by atoms with Gasteiger partial charge >= 0.3 is 0 Å². The number of nitrogens with one attached hydrogen (secondary N) is 1. The number of hydrogen-bond acceptors (Lipinski definition) is 4. The Bertz CT molecular complexity index is 1450. The van der Waals surface area contributed by atoms with Crippen molar-refractivity contribution in [2.75, 3.05) is 6.54 Å². The molecule has 0 bridgehead atoms. The molecule has 7 heteroatoms. The number of phenolic OH excluding ortho intramolecular Hbond substituents is 1. The van der Waals surface area contributed by atoms with E-state index >= 15 is 0 Å². The molecule has 0 saturated carbocycles. The number of aromatic nitrogens is 2. The first kappa shape index (κ1) is 25.6. The summed E-state index contributed by atoms with van der Waals surface area (Å²) in [7, 11) is 0. The lowest BCUT2D eigenvalue weighted by Crippen LogP contribution is -2.26. The summed E-state index contributed by atoms with van der Waals surface area (Å²) >= 11 is 6.05. The number of nitrogens with zero attached hydrogens (tertiary/aromatic N) is 2. The number of carbonyl (C=O) groups excluding carboxylic acids is 1. The molecule has 0 fully saturated rings. The number of amides is 1. The fraction of sp³-hybridized carbons (Fsp3) is 0.276. The van der Waals surface area contributed by atoms with E-state index in [2.05, 4.69) is 30.2 Å². The lowest BCUT2D eigenvalue weighted by molar-refractivity contribution is 0.0954. The SMILES string of the molecule is CCC(C)c1cc(CCNC(=O)c2cc(O)c3ncc(C)cc3c2)nc(-c2ccc(F)c(Cl)c2)c1C. The molecule has 0 aliphatic carbocycles. The van der Waals surface area contributed by atoms with E-state index in [0.29, 0.717) is 35.3 Å². The van der Waals surface area contributed by atoms with Crippen molar-refractivity contribution in [1.82, 2.24) is 15.3 Å². The van der Waals surface area contributed by atoms with Crippen LogP contribution in [0.3, 0.4) is 0 Å². The molecule has 4 aromatic rings. The van der Waals surface area contributed by atoms with Gasteiger partial charge in [-0.05, 0) is 85.3 Å². The summed E-state index contributed by atoms with van der Waals surface area (Å²) in [6, 6.07) is 11.8. The minimum Gasteiger partial charge on any atom is -0.506 e. The average Bonchev–Trinajstić information content (AvgIpc) is 2.85. The number of carbonyl (C=O) groups is 1. The van der Waals surface area contributed by atoms with Crippen molar-refractivity contribution < 1.29 is 14.3 Å². The van der Waals surface area contributed by atoms with Crippen molar-refractivity contribution in [2.45, 2.75) is 46.5 Å². The number of pyridine rings is 2. The number of aryl methyl sites for hydroxylation is 1. The van der Waals surface area contributed by atoms with Crippen molar-refractivity contribution in [3.63, 3.8) is 0 Å². The van der Waals surface area contributed by atoms with E-state index in [9.17, 15) is 14.3 Å². The van der Waals surface area contributed by atoms with Crippen LogP contribution in [0.5, 0.6) is 5.75 Å². The molecule has 1 atom stereocenters. The zero-order valence-electron chi connectivity index (χ0n) is 20.8. The van der Waals surface area contributed by atoms with Gasteiger partial charge in [0.25, 0.3) is 5.91 Å². The fourth-order valence-electron chi connectivity index (χ4n) is 4.35. The molecule has 36 heavy (non-hydrogen) atoms. The van der Waals surface area contributed by atoms with E-state index in [0.717, 1.165) is 34.5 Å². The molecule has 0 radical (unpaired) electrons. The van der Waals surface area contributed by atoms with Gasteiger partial charge in [0.1, 0.15) is 17.1 Å². The predicted molar refractivity (Wildman–Crippen MR) is 142 cm³/mol. The van der Waals surface area contributed by atoms with Gasteiger partial charge in [-0.3, -0.25) is 14.8 Å². The standard InChI is InChI=1S/C29H29ClFN3O2/c1-5-17(3)23-14-22(34-27(18(23)4)19-6-7-25(31)24(30)12-19)8-9-32-29(36)21-11-20-10-16(2)15-33-28(20)26(35)13-21/h6-7,10-15,17,35H,5,8-9H2,1-4H3,(H,32,36). The Morgan fingerprint density at radius 3 is 2.67 bits per heavy atom. The Labute approximate surface area is 215 Å². The highest BCUT2D eigenvalue weighted by Crippen LogP contribution is 2.32. The third-order valence-corrected chi connectivity index (χ3v) is 6.82. The van der Waals surface area contributed by atoms with Crippen molar-refractivity contribution in [2.24, 2.45) is 0 Å². The Balaban J connectivity index is 1.57. The Hall–Kier alpha value is -3.51. The zero-order chi connectivity index (χ0) is 26.0. The molecule has 186 valence electrons. The van der Waals surface area contributed by atoms with Crippen LogP contribution in [-0.4, -0.2) is 27.5 Å². The summed E-state index contributed by atoms with van der Waals surface area (Å²) in [5.74, 6) is -0.467. The van der Waals surface area contributed by atoms with Crippen LogP contribution in [0.25, 0.3) is 22.2 Å². The minimum atomic E-state index is -0.468. The minimum absolute atomic E-state index is 0.0290. The van der Waals surface area contributed by atoms with Crippen LogP contribution in [0, 0.1) is 19.7 Å². The molecule has 0 spiro atoms. The lowest BCUT2D eigenvalue weighted by atomic mass is 9.91. The van der Waals surface area contributed by atoms with Crippen LogP contribution in [0.1, 0.15) is 58.9 Å². The molecule has 0 aliphatic heterocycles. The first-order valence-corrected chi connectivity index (χ1v) is 12.4.